The largest absolute Gasteiger partial charge is 0.374 e. The third-order valence-corrected chi connectivity index (χ3v) is 3.91. The van der Waals surface area contributed by atoms with Crippen molar-refractivity contribution in [2.45, 2.75) is 37.8 Å². The van der Waals surface area contributed by atoms with E-state index < -0.39 is 17.2 Å². The summed E-state index contributed by atoms with van der Waals surface area (Å²) >= 11 is 0. The number of nitrogens with one attached hydrogen (secondary N) is 2. The normalized spacial score (nSPS) is 26.1. The summed E-state index contributed by atoms with van der Waals surface area (Å²) in [7, 11) is 0. The Hall–Kier alpha value is -1.96. The van der Waals surface area contributed by atoms with E-state index in [9.17, 15) is 14.4 Å². The van der Waals surface area contributed by atoms with Gasteiger partial charge < -0.3 is 9.64 Å². The van der Waals surface area contributed by atoms with Crippen molar-refractivity contribution >= 4 is 5.91 Å². The number of aromatic amines is 2. The van der Waals surface area contributed by atoms with Crippen molar-refractivity contribution in [1.29, 1.82) is 0 Å². The highest BCUT2D eigenvalue weighted by molar-refractivity contribution is 5.92. The van der Waals surface area contributed by atoms with Gasteiger partial charge in [-0.15, -0.1) is 0 Å². The standard InChI is InChI=1S/C12H16N4O4/c17-10-9(14-15-12(19)13-10)11(18)16-5-6-20-8-4-2-1-3-7(8)16/h7-8H,1-6H2,(H2,13,15,17,19). The van der Waals surface area contributed by atoms with Gasteiger partial charge in [-0.05, 0) is 12.8 Å². The summed E-state index contributed by atoms with van der Waals surface area (Å²) in [4.78, 5) is 38.7. The van der Waals surface area contributed by atoms with Crippen molar-refractivity contribution in [3.8, 4) is 0 Å². The molecule has 1 aromatic rings. The Labute approximate surface area is 114 Å². The summed E-state index contributed by atoms with van der Waals surface area (Å²) in [6.45, 7) is 0.911. The first-order valence-electron chi connectivity index (χ1n) is 6.78. The van der Waals surface area contributed by atoms with Crippen molar-refractivity contribution in [3.05, 3.63) is 26.5 Å². The minimum atomic E-state index is -0.752. The fourth-order valence-corrected chi connectivity index (χ4v) is 2.98. The van der Waals surface area contributed by atoms with E-state index >= 15 is 0 Å². The molecule has 2 unspecified atom stereocenters. The monoisotopic (exact) mass is 280 g/mol. The molecule has 1 saturated carbocycles. The van der Waals surface area contributed by atoms with Crippen LogP contribution in [0.1, 0.15) is 36.2 Å². The second kappa shape index (κ2) is 5.20. The van der Waals surface area contributed by atoms with Crippen molar-refractivity contribution in [2.75, 3.05) is 13.2 Å². The van der Waals surface area contributed by atoms with Crippen LogP contribution in [0.3, 0.4) is 0 Å². The van der Waals surface area contributed by atoms with E-state index in [-0.39, 0.29) is 17.8 Å². The molecular formula is C12H16N4O4. The number of rotatable bonds is 1. The molecule has 0 aromatic carbocycles. The molecule has 2 heterocycles. The van der Waals surface area contributed by atoms with Crippen LogP contribution in [0.2, 0.25) is 0 Å². The van der Waals surface area contributed by atoms with Crippen LogP contribution in [0.5, 0.6) is 0 Å². The summed E-state index contributed by atoms with van der Waals surface area (Å²) in [5, 5.41) is 5.67. The molecule has 8 heteroatoms. The van der Waals surface area contributed by atoms with E-state index in [2.05, 4.69) is 10.2 Å². The molecule has 1 amide bonds. The van der Waals surface area contributed by atoms with Crippen LogP contribution in [0.15, 0.2) is 9.59 Å². The minimum Gasteiger partial charge on any atom is -0.374 e. The van der Waals surface area contributed by atoms with E-state index in [1.54, 1.807) is 4.90 Å². The number of nitrogens with zero attached hydrogens (tertiary/aromatic N) is 2. The molecule has 3 rings (SSSR count). The number of H-pyrrole nitrogens is 2. The molecule has 0 radical (unpaired) electrons. The molecule has 2 aliphatic rings. The van der Waals surface area contributed by atoms with Gasteiger partial charge in [0.2, 0.25) is 5.69 Å². The highest BCUT2D eigenvalue weighted by Crippen LogP contribution is 2.28. The topological polar surface area (TPSA) is 108 Å². The number of fused-ring (bicyclic) bond motifs is 1. The van der Waals surface area contributed by atoms with Gasteiger partial charge >= 0.3 is 5.69 Å². The van der Waals surface area contributed by atoms with Crippen LogP contribution < -0.4 is 11.2 Å². The summed E-state index contributed by atoms with van der Waals surface area (Å²) in [6, 6.07) is -0.00173. The Balaban J connectivity index is 1.88. The number of carbonyl (C=O) groups excluding carboxylic acids is 1. The Bertz CT molecular complexity index is 620. The zero-order valence-corrected chi connectivity index (χ0v) is 10.9. The maximum absolute atomic E-state index is 12.5. The number of hydrogen-bond donors (Lipinski definition) is 2. The summed E-state index contributed by atoms with van der Waals surface area (Å²) < 4.78 is 5.69. The van der Waals surface area contributed by atoms with E-state index in [1.807, 2.05) is 4.98 Å². The molecule has 8 nitrogen and oxygen atoms in total. The van der Waals surface area contributed by atoms with Crippen LogP contribution in [0, 0.1) is 0 Å². The Morgan fingerprint density at radius 1 is 1.30 bits per heavy atom. The Morgan fingerprint density at radius 3 is 2.90 bits per heavy atom. The Morgan fingerprint density at radius 2 is 2.10 bits per heavy atom. The zero-order chi connectivity index (χ0) is 14.1. The third kappa shape index (κ3) is 2.26. The number of carbonyl (C=O) groups is 1. The summed E-state index contributed by atoms with van der Waals surface area (Å²) in [5.41, 5.74) is -1.74. The van der Waals surface area contributed by atoms with Gasteiger partial charge in [-0.2, -0.15) is 5.10 Å². The molecular weight excluding hydrogens is 264 g/mol. The first-order chi connectivity index (χ1) is 9.66. The lowest BCUT2D eigenvalue weighted by Crippen LogP contribution is -2.55. The SMILES string of the molecule is O=C(c1n[nH]c(=O)[nH]c1=O)N1CCOC2CCCCC21. The third-order valence-electron chi connectivity index (χ3n) is 3.91. The predicted octanol–water partition coefficient (Wildman–Crippen LogP) is -0.758. The molecule has 2 N–H and O–H groups in total. The van der Waals surface area contributed by atoms with Crippen LogP contribution in [0.25, 0.3) is 0 Å². The molecule has 2 atom stereocenters. The average Bonchev–Trinajstić information content (AvgIpc) is 2.46. The highest BCUT2D eigenvalue weighted by Gasteiger charge is 2.38. The molecule has 108 valence electrons. The van der Waals surface area contributed by atoms with Gasteiger partial charge in [-0.3, -0.25) is 14.6 Å². The van der Waals surface area contributed by atoms with Gasteiger partial charge in [-0.1, -0.05) is 12.8 Å². The van der Waals surface area contributed by atoms with Crippen LogP contribution in [0.4, 0.5) is 0 Å². The highest BCUT2D eigenvalue weighted by atomic mass is 16.5. The van der Waals surface area contributed by atoms with Crippen LogP contribution in [-0.2, 0) is 4.74 Å². The number of amides is 1. The van der Waals surface area contributed by atoms with E-state index in [4.69, 9.17) is 4.74 Å². The van der Waals surface area contributed by atoms with Crippen molar-refractivity contribution in [1.82, 2.24) is 20.1 Å². The van der Waals surface area contributed by atoms with Gasteiger partial charge in [0, 0.05) is 6.54 Å². The smallest absolute Gasteiger partial charge is 0.342 e. The molecule has 0 bridgehead atoms. The van der Waals surface area contributed by atoms with E-state index in [0.29, 0.717) is 13.2 Å². The molecule has 0 spiro atoms. The fraction of sp³-hybridized carbons (Fsp3) is 0.667. The van der Waals surface area contributed by atoms with Gasteiger partial charge in [0.25, 0.3) is 11.5 Å². The first kappa shape index (κ1) is 13.0. The number of morpholine rings is 1. The van der Waals surface area contributed by atoms with Gasteiger partial charge in [-0.25, -0.2) is 9.89 Å². The number of ether oxygens (including phenoxy) is 1. The minimum absolute atomic E-state index is 0.00173. The quantitative estimate of drug-likeness (QED) is 0.703. The molecule has 1 aliphatic heterocycles. The summed E-state index contributed by atoms with van der Waals surface area (Å²) in [6.07, 6.45) is 4.00. The lowest BCUT2D eigenvalue weighted by molar-refractivity contribution is -0.0755. The van der Waals surface area contributed by atoms with Crippen molar-refractivity contribution in [3.63, 3.8) is 0 Å². The van der Waals surface area contributed by atoms with Crippen molar-refractivity contribution < 1.29 is 9.53 Å². The number of aromatic nitrogens is 3. The lowest BCUT2D eigenvalue weighted by atomic mass is 9.90. The van der Waals surface area contributed by atoms with Gasteiger partial charge in [0.1, 0.15) is 0 Å². The van der Waals surface area contributed by atoms with Crippen LogP contribution >= 0.6 is 0 Å². The second-order valence-electron chi connectivity index (χ2n) is 5.12. The fourth-order valence-electron chi connectivity index (χ4n) is 2.98. The first-order valence-corrected chi connectivity index (χ1v) is 6.78. The lowest BCUT2D eigenvalue weighted by Gasteiger charge is -2.43. The van der Waals surface area contributed by atoms with Gasteiger partial charge in [0.05, 0.1) is 18.8 Å². The van der Waals surface area contributed by atoms with E-state index in [0.717, 1.165) is 25.7 Å². The number of hydrogen-bond acceptors (Lipinski definition) is 5. The predicted molar refractivity (Wildman–Crippen MR) is 68.5 cm³/mol. The van der Waals surface area contributed by atoms with E-state index in [1.165, 1.54) is 0 Å². The maximum atomic E-state index is 12.5. The molecule has 2 fully saturated rings. The van der Waals surface area contributed by atoms with Crippen molar-refractivity contribution in [2.24, 2.45) is 0 Å². The average molecular weight is 280 g/mol. The zero-order valence-electron chi connectivity index (χ0n) is 10.9. The maximum Gasteiger partial charge on any atom is 0.342 e. The molecule has 1 aromatic heterocycles. The second-order valence-corrected chi connectivity index (χ2v) is 5.12. The molecule has 1 saturated heterocycles. The van der Waals surface area contributed by atoms with Gasteiger partial charge in [0.15, 0.2) is 0 Å². The van der Waals surface area contributed by atoms with Crippen LogP contribution in [-0.4, -0.2) is 51.3 Å². The molecule has 1 aliphatic carbocycles. The summed E-state index contributed by atoms with van der Waals surface area (Å²) in [5.74, 6) is -0.442. The Kier molecular flexibility index (Phi) is 3.39. The molecule has 20 heavy (non-hydrogen) atoms.